The van der Waals surface area contributed by atoms with Gasteiger partial charge in [-0.25, -0.2) is 0 Å². The Kier molecular flexibility index (Phi) is 3.12. The van der Waals surface area contributed by atoms with Gasteiger partial charge < -0.3 is 10.5 Å². The molecular formula is C12H14N6OS2. The molecule has 0 atom stereocenters. The Morgan fingerprint density at radius 2 is 2.10 bits per heavy atom. The number of hydrogen-bond acceptors (Lipinski definition) is 8. The lowest BCUT2D eigenvalue weighted by molar-refractivity contribution is 0.0832. The highest BCUT2D eigenvalue weighted by molar-refractivity contribution is 7.20. The van der Waals surface area contributed by atoms with Crippen LogP contribution in [-0.4, -0.2) is 37.4 Å². The van der Waals surface area contributed by atoms with Crippen LogP contribution in [0.5, 0.6) is 0 Å². The summed E-state index contributed by atoms with van der Waals surface area (Å²) in [6.45, 7) is 3.50. The number of rotatable bonds is 2. The van der Waals surface area contributed by atoms with E-state index in [2.05, 4.69) is 19.7 Å². The second-order valence-electron chi connectivity index (χ2n) is 5.05. The Labute approximate surface area is 128 Å². The summed E-state index contributed by atoms with van der Waals surface area (Å²) in [5.74, 6) is 1.29. The van der Waals surface area contributed by atoms with E-state index in [9.17, 15) is 0 Å². The summed E-state index contributed by atoms with van der Waals surface area (Å²) in [5.41, 5.74) is 7.84. The Morgan fingerprint density at radius 1 is 1.29 bits per heavy atom. The molecule has 1 fully saturated rings. The fraction of sp³-hybridized carbons (Fsp3) is 0.500. The van der Waals surface area contributed by atoms with Crippen LogP contribution in [0.25, 0.3) is 15.5 Å². The Balaban J connectivity index is 1.79. The van der Waals surface area contributed by atoms with Gasteiger partial charge in [0.2, 0.25) is 4.96 Å². The van der Waals surface area contributed by atoms with Crippen molar-refractivity contribution in [3.05, 3.63) is 11.5 Å². The lowest BCUT2D eigenvalue weighted by atomic mass is 10.00. The van der Waals surface area contributed by atoms with Crippen molar-refractivity contribution in [2.45, 2.75) is 25.7 Å². The number of aromatic nitrogens is 5. The fourth-order valence-electron chi connectivity index (χ4n) is 2.59. The van der Waals surface area contributed by atoms with Crippen LogP contribution in [0.1, 0.15) is 30.3 Å². The highest BCUT2D eigenvalue weighted by Crippen LogP contribution is 2.36. The van der Waals surface area contributed by atoms with Crippen molar-refractivity contribution < 1.29 is 4.74 Å². The number of nitrogen functional groups attached to an aromatic ring is 1. The van der Waals surface area contributed by atoms with E-state index in [-0.39, 0.29) is 0 Å². The zero-order chi connectivity index (χ0) is 14.4. The van der Waals surface area contributed by atoms with Crippen molar-refractivity contribution in [2.75, 3.05) is 18.9 Å². The summed E-state index contributed by atoms with van der Waals surface area (Å²) in [5, 5.41) is 14.8. The van der Waals surface area contributed by atoms with Crippen molar-refractivity contribution >= 4 is 32.8 Å². The standard InChI is InChI=1S/C12H14N6OS2/c1-6-8(9(13)21-17-6)11-16-18-10(14-15-12(18)20-11)7-2-4-19-5-3-7/h7H,2-5,13H2,1H3. The third-order valence-electron chi connectivity index (χ3n) is 3.70. The molecule has 110 valence electrons. The molecule has 0 amide bonds. The van der Waals surface area contributed by atoms with E-state index in [4.69, 9.17) is 10.5 Å². The minimum Gasteiger partial charge on any atom is -0.389 e. The highest BCUT2D eigenvalue weighted by atomic mass is 32.1. The monoisotopic (exact) mass is 322 g/mol. The molecule has 3 aromatic heterocycles. The molecule has 1 aliphatic heterocycles. The second kappa shape index (κ2) is 5.00. The first-order valence-corrected chi connectivity index (χ1v) is 8.35. The van der Waals surface area contributed by atoms with Crippen molar-refractivity contribution in [1.29, 1.82) is 0 Å². The van der Waals surface area contributed by atoms with E-state index in [1.807, 2.05) is 11.4 Å². The van der Waals surface area contributed by atoms with Gasteiger partial charge in [0.1, 0.15) is 5.00 Å². The summed E-state index contributed by atoms with van der Waals surface area (Å²) in [6, 6.07) is 0. The zero-order valence-electron chi connectivity index (χ0n) is 11.4. The Morgan fingerprint density at radius 3 is 2.81 bits per heavy atom. The van der Waals surface area contributed by atoms with Gasteiger partial charge in [-0.2, -0.15) is 14.0 Å². The number of nitrogens with two attached hydrogens (primary N) is 1. The third kappa shape index (κ3) is 2.12. The third-order valence-corrected chi connectivity index (χ3v) is 5.39. The van der Waals surface area contributed by atoms with E-state index in [1.165, 1.54) is 22.9 Å². The summed E-state index contributed by atoms with van der Waals surface area (Å²) in [4.78, 5) is 0.802. The number of aryl methyl sites for hydroxylation is 1. The lowest BCUT2D eigenvalue weighted by Crippen LogP contribution is -2.16. The molecule has 0 aliphatic carbocycles. The Bertz CT molecular complexity index is 765. The highest BCUT2D eigenvalue weighted by Gasteiger charge is 2.24. The van der Waals surface area contributed by atoms with Gasteiger partial charge in [-0.05, 0) is 31.3 Å². The number of hydrogen-bond donors (Lipinski definition) is 1. The molecule has 0 unspecified atom stereocenters. The van der Waals surface area contributed by atoms with Crippen LogP contribution in [0.4, 0.5) is 5.00 Å². The quantitative estimate of drug-likeness (QED) is 0.777. The van der Waals surface area contributed by atoms with E-state index in [1.54, 1.807) is 0 Å². The molecule has 0 bridgehead atoms. The summed E-state index contributed by atoms with van der Waals surface area (Å²) >= 11 is 2.81. The van der Waals surface area contributed by atoms with Gasteiger partial charge in [0.05, 0.1) is 11.3 Å². The molecule has 7 nitrogen and oxygen atoms in total. The van der Waals surface area contributed by atoms with Crippen LogP contribution >= 0.6 is 22.9 Å². The number of fused-ring (bicyclic) bond motifs is 1. The molecule has 0 spiro atoms. The molecule has 0 saturated carbocycles. The van der Waals surface area contributed by atoms with E-state index in [0.717, 1.165) is 53.1 Å². The first-order chi connectivity index (χ1) is 10.2. The predicted molar refractivity (Wildman–Crippen MR) is 81.7 cm³/mol. The van der Waals surface area contributed by atoms with Gasteiger partial charge in [-0.15, -0.1) is 10.2 Å². The molecule has 0 radical (unpaired) electrons. The average molecular weight is 322 g/mol. The van der Waals surface area contributed by atoms with Crippen LogP contribution in [0, 0.1) is 6.92 Å². The van der Waals surface area contributed by atoms with Crippen LogP contribution < -0.4 is 5.73 Å². The summed E-state index contributed by atoms with van der Waals surface area (Å²) in [6.07, 6.45) is 1.93. The lowest BCUT2D eigenvalue weighted by Gasteiger charge is -2.19. The first kappa shape index (κ1) is 13.1. The minimum absolute atomic E-state index is 0.364. The summed E-state index contributed by atoms with van der Waals surface area (Å²) in [7, 11) is 0. The maximum Gasteiger partial charge on any atom is 0.234 e. The topological polar surface area (TPSA) is 91.2 Å². The molecule has 0 aromatic carbocycles. The molecule has 1 saturated heterocycles. The number of nitrogens with zero attached hydrogens (tertiary/aromatic N) is 5. The van der Waals surface area contributed by atoms with Crippen LogP contribution in [0.2, 0.25) is 0 Å². The predicted octanol–water partition coefficient (Wildman–Crippen LogP) is 2.09. The van der Waals surface area contributed by atoms with Crippen molar-refractivity contribution in [1.82, 2.24) is 24.2 Å². The molecule has 4 rings (SSSR count). The van der Waals surface area contributed by atoms with Crippen LogP contribution in [0.3, 0.4) is 0 Å². The minimum atomic E-state index is 0.364. The van der Waals surface area contributed by atoms with Gasteiger partial charge in [-0.3, -0.25) is 0 Å². The molecule has 4 heterocycles. The SMILES string of the molecule is Cc1nsc(N)c1-c1nn2c(C3CCOCC3)nnc2s1. The van der Waals surface area contributed by atoms with Gasteiger partial charge in [0.25, 0.3) is 0 Å². The van der Waals surface area contributed by atoms with Gasteiger partial charge in [0, 0.05) is 19.1 Å². The first-order valence-electron chi connectivity index (χ1n) is 6.76. The second-order valence-corrected chi connectivity index (χ2v) is 6.81. The molecular weight excluding hydrogens is 308 g/mol. The molecule has 2 N–H and O–H groups in total. The number of ether oxygens (including phenoxy) is 1. The van der Waals surface area contributed by atoms with Crippen LogP contribution in [-0.2, 0) is 4.74 Å². The molecule has 9 heteroatoms. The maximum atomic E-state index is 6.01. The van der Waals surface area contributed by atoms with Gasteiger partial charge in [0.15, 0.2) is 10.8 Å². The Hall–Kier alpha value is -1.58. The van der Waals surface area contributed by atoms with Crippen molar-refractivity contribution in [2.24, 2.45) is 0 Å². The van der Waals surface area contributed by atoms with Gasteiger partial charge >= 0.3 is 0 Å². The van der Waals surface area contributed by atoms with Crippen LogP contribution in [0.15, 0.2) is 0 Å². The van der Waals surface area contributed by atoms with Gasteiger partial charge in [-0.1, -0.05) is 11.3 Å². The van der Waals surface area contributed by atoms with E-state index < -0.39 is 0 Å². The molecule has 3 aromatic rings. The molecule has 21 heavy (non-hydrogen) atoms. The number of anilines is 1. The largest absolute Gasteiger partial charge is 0.389 e. The van der Waals surface area contributed by atoms with Crippen molar-refractivity contribution in [3.63, 3.8) is 0 Å². The molecule has 1 aliphatic rings. The fourth-order valence-corrected chi connectivity index (χ4v) is 4.28. The van der Waals surface area contributed by atoms with E-state index >= 15 is 0 Å². The normalized spacial score (nSPS) is 16.8. The maximum absolute atomic E-state index is 6.01. The zero-order valence-corrected chi connectivity index (χ0v) is 13.1. The smallest absolute Gasteiger partial charge is 0.234 e. The summed E-state index contributed by atoms with van der Waals surface area (Å²) < 4.78 is 11.5. The van der Waals surface area contributed by atoms with E-state index in [0.29, 0.717) is 10.9 Å². The average Bonchev–Trinajstić information content (AvgIpc) is 3.14. The van der Waals surface area contributed by atoms with Crippen molar-refractivity contribution in [3.8, 4) is 10.6 Å².